The van der Waals surface area contributed by atoms with E-state index in [4.69, 9.17) is 16.7 Å². The predicted octanol–water partition coefficient (Wildman–Crippen LogP) is 0.194. The van der Waals surface area contributed by atoms with E-state index in [0.717, 1.165) is 0 Å². The molecule has 76 valence electrons. The molecule has 0 aromatic carbocycles. The minimum absolute atomic E-state index is 0.0871. The van der Waals surface area contributed by atoms with Crippen LogP contribution in [0.5, 0.6) is 0 Å². The summed E-state index contributed by atoms with van der Waals surface area (Å²) in [6.07, 6.45) is 2.69. The molecule has 1 N–H and O–H groups in total. The maximum atomic E-state index is 11.5. The first-order valence-corrected chi connectivity index (χ1v) is 4.37. The normalized spacial score (nSPS) is 9.93. The fourth-order valence-corrected chi connectivity index (χ4v) is 1.04. The number of rotatable bonds is 3. The molecule has 0 saturated heterocycles. The molecule has 0 radical (unpaired) electrons. The summed E-state index contributed by atoms with van der Waals surface area (Å²) in [4.78, 5) is 20.4. The van der Waals surface area contributed by atoms with Crippen LogP contribution in [-0.2, 0) is 0 Å². The number of carbonyl (C=O) groups excluding carboxylic acids is 1. The second kappa shape index (κ2) is 4.88. The molecule has 5 nitrogen and oxygen atoms in total. The van der Waals surface area contributed by atoms with Crippen molar-refractivity contribution >= 4 is 17.5 Å². The van der Waals surface area contributed by atoms with Crippen LogP contribution in [0.1, 0.15) is 10.5 Å². The third-order valence-electron chi connectivity index (χ3n) is 1.61. The number of carbonyl (C=O) groups is 1. The summed E-state index contributed by atoms with van der Waals surface area (Å²) in [6, 6.07) is 0. The Bertz CT molecular complexity index is 332. The molecular formula is C8H10ClN3O2. The van der Waals surface area contributed by atoms with Gasteiger partial charge in [-0.2, -0.15) is 0 Å². The molecule has 14 heavy (non-hydrogen) atoms. The quantitative estimate of drug-likeness (QED) is 0.782. The number of hydrogen-bond acceptors (Lipinski definition) is 4. The molecule has 6 heteroatoms. The molecular weight excluding hydrogens is 206 g/mol. The Kier molecular flexibility index (Phi) is 3.79. The Hall–Kier alpha value is -1.20. The third kappa shape index (κ3) is 2.65. The second-order valence-corrected chi connectivity index (χ2v) is 3.06. The lowest BCUT2D eigenvalue weighted by Crippen LogP contribution is -2.30. The van der Waals surface area contributed by atoms with Crippen molar-refractivity contribution in [3.05, 3.63) is 23.2 Å². The van der Waals surface area contributed by atoms with E-state index in [9.17, 15) is 4.79 Å². The van der Waals surface area contributed by atoms with Crippen LogP contribution >= 0.6 is 11.6 Å². The van der Waals surface area contributed by atoms with Gasteiger partial charge in [0.2, 0.25) is 0 Å². The monoisotopic (exact) mass is 215 g/mol. The molecule has 0 unspecified atom stereocenters. The van der Waals surface area contributed by atoms with Crippen molar-refractivity contribution in [2.45, 2.75) is 0 Å². The number of aliphatic hydroxyl groups excluding tert-OH is 1. The first-order chi connectivity index (χ1) is 6.65. The summed E-state index contributed by atoms with van der Waals surface area (Å²) in [5.74, 6) is -0.311. The Morgan fingerprint density at radius 2 is 2.36 bits per heavy atom. The maximum absolute atomic E-state index is 11.5. The second-order valence-electron chi connectivity index (χ2n) is 2.68. The van der Waals surface area contributed by atoms with Crippen molar-refractivity contribution < 1.29 is 9.90 Å². The van der Waals surface area contributed by atoms with Crippen molar-refractivity contribution in [3.8, 4) is 0 Å². The molecule has 1 heterocycles. The van der Waals surface area contributed by atoms with E-state index in [0.29, 0.717) is 0 Å². The Morgan fingerprint density at radius 1 is 1.64 bits per heavy atom. The highest BCUT2D eigenvalue weighted by Gasteiger charge is 2.12. The molecule has 1 rings (SSSR count). The van der Waals surface area contributed by atoms with Crippen molar-refractivity contribution in [1.82, 2.24) is 14.9 Å². The van der Waals surface area contributed by atoms with Crippen LogP contribution in [0.3, 0.4) is 0 Å². The van der Waals surface area contributed by atoms with Crippen LogP contribution in [-0.4, -0.2) is 46.1 Å². The topological polar surface area (TPSA) is 66.3 Å². The van der Waals surface area contributed by atoms with Gasteiger partial charge in [-0.15, -0.1) is 0 Å². The zero-order chi connectivity index (χ0) is 10.6. The molecule has 0 aliphatic heterocycles. The van der Waals surface area contributed by atoms with Gasteiger partial charge in [0, 0.05) is 13.6 Å². The molecule has 0 bridgehead atoms. The van der Waals surface area contributed by atoms with Crippen LogP contribution in [0.2, 0.25) is 5.15 Å². The number of aromatic nitrogens is 2. The fraction of sp³-hybridized carbons (Fsp3) is 0.375. The Labute approximate surface area is 86.3 Å². The lowest BCUT2D eigenvalue weighted by atomic mass is 10.4. The van der Waals surface area contributed by atoms with Gasteiger partial charge >= 0.3 is 0 Å². The van der Waals surface area contributed by atoms with Gasteiger partial charge in [0.25, 0.3) is 5.91 Å². The molecule has 1 aromatic heterocycles. The highest BCUT2D eigenvalue weighted by atomic mass is 35.5. The van der Waals surface area contributed by atoms with Gasteiger partial charge in [-0.1, -0.05) is 11.6 Å². The molecule has 0 aliphatic rings. The highest BCUT2D eigenvalue weighted by Crippen LogP contribution is 2.04. The minimum Gasteiger partial charge on any atom is -0.395 e. The number of aliphatic hydroxyl groups is 1. The van der Waals surface area contributed by atoms with Crippen LogP contribution in [0.4, 0.5) is 0 Å². The van der Waals surface area contributed by atoms with Gasteiger partial charge in [0.1, 0.15) is 10.8 Å². The average Bonchev–Trinajstić information content (AvgIpc) is 2.17. The van der Waals surface area contributed by atoms with E-state index in [1.807, 2.05) is 0 Å². The first-order valence-electron chi connectivity index (χ1n) is 3.99. The van der Waals surface area contributed by atoms with Crippen LogP contribution in [0.15, 0.2) is 12.4 Å². The molecule has 0 saturated carbocycles. The largest absolute Gasteiger partial charge is 0.395 e. The predicted molar refractivity (Wildman–Crippen MR) is 51.1 cm³/mol. The van der Waals surface area contributed by atoms with E-state index < -0.39 is 0 Å². The Morgan fingerprint density at radius 3 is 2.93 bits per heavy atom. The highest BCUT2D eigenvalue weighted by molar-refractivity contribution is 6.29. The lowest BCUT2D eigenvalue weighted by molar-refractivity contribution is 0.0760. The van der Waals surface area contributed by atoms with Crippen LogP contribution in [0, 0.1) is 0 Å². The van der Waals surface area contributed by atoms with Gasteiger partial charge in [0.05, 0.1) is 19.0 Å². The molecule has 1 amide bonds. The van der Waals surface area contributed by atoms with Gasteiger partial charge in [-0.25, -0.2) is 4.98 Å². The van der Waals surface area contributed by atoms with Gasteiger partial charge in [-0.3, -0.25) is 9.78 Å². The standard InChI is InChI=1S/C8H10ClN3O2/c1-12(2-3-13)8(14)6-4-10-5-7(9)11-6/h4-5,13H,2-3H2,1H3. The van der Waals surface area contributed by atoms with Gasteiger partial charge < -0.3 is 10.0 Å². The first kappa shape index (κ1) is 10.9. The van der Waals surface area contributed by atoms with Crippen molar-refractivity contribution in [2.24, 2.45) is 0 Å². The zero-order valence-electron chi connectivity index (χ0n) is 7.64. The SMILES string of the molecule is CN(CCO)C(=O)c1cncc(Cl)n1. The number of amides is 1. The zero-order valence-corrected chi connectivity index (χ0v) is 8.40. The Balaban J connectivity index is 2.78. The van der Waals surface area contributed by atoms with Crippen molar-refractivity contribution in [1.29, 1.82) is 0 Å². The molecule has 0 spiro atoms. The summed E-state index contributed by atoms with van der Waals surface area (Å²) in [5, 5.41) is 8.81. The minimum atomic E-state index is -0.311. The summed E-state index contributed by atoms with van der Waals surface area (Å²) in [5.41, 5.74) is 0.174. The van der Waals surface area contributed by atoms with E-state index >= 15 is 0 Å². The van der Waals surface area contributed by atoms with E-state index in [2.05, 4.69) is 9.97 Å². The van der Waals surface area contributed by atoms with Crippen molar-refractivity contribution in [3.63, 3.8) is 0 Å². The number of halogens is 1. The maximum Gasteiger partial charge on any atom is 0.273 e. The third-order valence-corrected chi connectivity index (χ3v) is 1.79. The van der Waals surface area contributed by atoms with Crippen molar-refractivity contribution in [2.75, 3.05) is 20.2 Å². The van der Waals surface area contributed by atoms with Crippen LogP contribution in [0.25, 0.3) is 0 Å². The van der Waals surface area contributed by atoms with E-state index in [-0.39, 0.29) is 29.9 Å². The molecule has 0 atom stereocenters. The fourth-order valence-electron chi connectivity index (χ4n) is 0.892. The van der Waals surface area contributed by atoms with Crippen LogP contribution < -0.4 is 0 Å². The smallest absolute Gasteiger partial charge is 0.273 e. The molecule has 1 aromatic rings. The number of hydrogen-bond donors (Lipinski definition) is 1. The number of nitrogens with zero attached hydrogens (tertiary/aromatic N) is 3. The summed E-state index contributed by atoms with van der Waals surface area (Å²) in [7, 11) is 1.57. The lowest BCUT2D eigenvalue weighted by Gasteiger charge is -2.14. The number of likely N-dealkylation sites (N-methyl/N-ethyl adjacent to an activating group) is 1. The van der Waals surface area contributed by atoms with E-state index in [1.165, 1.54) is 17.3 Å². The van der Waals surface area contributed by atoms with E-state index in [1.54, 1.807) is 7.05 Å². The molecule has 0 aliphatic carbocycles. The average molecular weight is 216 g/mol. The van der Waals surface area contributed by atoms with Gasteiger partial charge in [-0.05, 0) is 0 Å². The summed E-state index contributed by atoms with van der Waals surface area (Å²) >= 11 is 5.58. The summed E-state index contributed by atoms with van der Waals surface area (Å²) in [6.45, 7) is 0.170. The summed E-state index contributed by atoms with van der Waals surface area (Å²) < 4.78 is 0. The van der Waals surface area contributed by atoms with Gasteiger partial charge in [0.15, 0.2) is 0 Å². The molecule has 0 fully saturated rings.